The Morgan fingerprint density at radius 1 is 1.45 bits per heavy atom. The molecule has 20 heavy (non-hydrogen) atoms. The lowest BCUT2D eigenvalue weighted by Crippen LogP contribution is -2.16. The molecule has 0 saturated carbocycles. The van der Waals surface area contributed by atoms with E-state index in [9.17, 15) is 18.0 Å². The molecule has 1 rings (SSSR count). The molecule has 0 bridgehead atoms. The molecule has 0 aliphatic rings. The number of halogens is 4. The molecule has 0 aromatic heterocycles. The van der Waals surface area contributed by atoms with Crippen molar-refractivity contribution < 1.29 is 22.7 Å². The van der Waals surface area contributed by atoms with Crippen molar-refractivity contribution in [1.82, 2.24) is 0 Å². The van der Waals surface area contributed by atoms with E-state index in [-0.39, 0.29) is 29.2 Å². The number of esters is 1. The second-order valence-electron chi connectivity index (χ2n) is 3.89. The summed E-state index contributed by atoms with van der Waals surface area (Å²) in [5.41, 5.74) is -1.46. The Hall–Kier alpha value is -1.74. The fourth-order valence-electron chi connectivity index (χ4n) is 1.71. The number of carbonyl (C=O) groups excluding carboxylic acids is 1. The second-order valence-corrected chi connectivity index (χ2v) is 4.16. The first-order valence-corrected chi connectivity index (χ1v) is 6.21. The van der Waals surface area contributed by atoms with Crippen molar-refractivity contribution in [3.8, 4) is 6.07 Å². The van der Waals surface area contributed by atoms with Crippen LogP contribution < -0.4 is 0 Å². The van der Waals surface area contributed by atoms with Gasteiger partial charge in [0.15, 0.2) is 0 Å². The maximum atomic E-state index is 13.0. The van der Waals surface area contributed by atoms with Gasteiger partial charge in [-0.3, -0.25) is 4.79 Å². The van der Waals surface area contributed by atoms with Gasteiger partial charge in [-0.15, -0.1) is 11.6 Å². The Morgan fingerprint density at radius 3 is 2.55 bits per heavy atom. The number of benzene rings is 1. The topological polar surface area (TPSA) is 50.1 Å². The van der Waals surface area contributed by atoms with Gasteiger partial charge in [-0.05, 0) is 30.2 Å². The molecule has 7 heteroatoms. The van der Waals surface area contributed by atoms with Gasteiger partial charge in [0.05, 0.1) is 30.2 Å². The van der Waals surface area contributed by atoms with Crippen LogP contribution in [0.5, 0.6) is 0 Å². The minimum Gasteiger partial charge on any atom is -0.466 e. The summed E-state index contributed by atoms with van der Waals surface area (Å²) in [5, 5.41) is 8.96. The van der Waals surface area contributed by atoms with Crippen molar-refractivity contribution in [2.45, 2.75) is 25.4 Å². The molecule has 0 spiro atoms. The molecular formula is C13H11ClF3NO2. The van der Waals surface area contributed by atoms with Crippen molar-refractivity contribution in [1.29, 1.82) is 5.26 Å². The number of nitrogens with zero attached hydrogens (tertiary/aromatic N) is 1. The van der Waals surface area contributed by atoms with Crippen LogP contribution in [0.15, 0.2) is 12.1 Å². The molecule has 1 aromatic carbocycles. The number of carbonyl (C=O) groups is 1. The summed E-state index contributed by atoms with van der Waals surface area (Å²) >= 11 is 5.52. The van der Waals surface area contributed by atoms with Gasteiger partial charge in [0.1, 0.15) is 0 Å². The number of nitriles is 1. The SMILES string of the molecule is CCOC(=O)Cc1c(C#N)cc(CCl)cc1C(F)(F)F. The predicted octanol–water partition coefficient (Wildman–Crippen LogP) is 3.42. The summed E-state index contributed by atoms with van der Waals surface area (Å²) in [6, 6.07) is 3.76. The Bertz CT molecular complexity index is 550. The van der Waals surface area contributed by atoms with Crippen LogP contribution in [0.25, 0.3) is 0 Å². The van der Waals surface area contributed by atoms with E-state index in [0.29, 0.717) is 0 Å². The van der Waals surface area contributed by atoms with Crippen molar-refractivity contribution in [3.05, 3.63) is 34.4 Å². The van der Waals surface area contributed by atoms with Gasteiger partial charge in [0.2, 0.25) is 0 Å². The molecule has 0 aliphatic carbocycles. The van der Waals surface area contributed by atoms with Gasteiger partial charge in [0.25, 0.3) is 0 Å². The molecule has 3 nitrogen and oxygen atoms in total. The van der Waals surface area contributed by atoms with Crippen LogP contribution in [-0.2, 0) is 28.0 Å². The third-order valence-corrected chi connectivity index (χ3v) is 2.82. The predicted molar refractivity (Wildman–Crippen MR) is 66.1 cm³/mol. The van der Waals surface area contributed by atoms with Crippen LogP contribution in [0.2, 0.25) is 0 Å². The number of hydrogen-bond donors (Lipinski definition) is 0. The smallest absolute Gasteiger partial charge is 0.416 e. The van der Waals surface area contributed by atoms with E-state index in [1.807, 2.05) is 0 Å². The van der Waals surface area contributed by atoms with E-state index in [0.717, 1.165) is 6.07 Å². The largest absolute Gasteiger partial charge is 0.466 e. The number of hydrogen-bond acceptors (Lipinski definition) is 3. The molecule has 0 heterocycles. The number of alkyl halides is 4. The van der Waals surface area contributed by atoms with E-state index in [2.05, 4.69) is 4.74 Å². The lowest BCUT2D eigenvalue weighted by Gasteiger charge is -2.15. The summed E-state index contributed by atoms with van der Waals surface area (Å²) < 4.78 is 43.7. The average Bonchev–Trinajstić information content (AvgIpc) is 2.37. The average molecular weight is 306 g/mol. The maximum Gasteiger partial charge on any atom is 0.416 e. The highest BCUT2D eigenvalue weighted by Gasteiger charge is 2.35. The van der Waals surface area contributed by atoms with Gasteiger partial charge in [-0.1, -0.05) is 0 Å². The molecule has 0 saturated heterocycles. The van der Waals surface area contributed by atoms with Crippen molar-refractivity contribution in [3.63, 3.8) is 0 Å². The molecule has 1 aromatic rings. The zero-order valence-electron chi connectivity index (χ0n) is 10.6. The van der Waals surface area contributed by atoms with E-state index < -0.39 is 24.1 Å². The first-order valence-electron chi connectivity index (χ1n) is 5.68. The Morgan fingerprint density at radius 2 is 2.10 bits per heavy atom. The highest BCUT2D eigenvalue weighted by atomic mass is 35.5. The van der Waals surface area contributed by atoms with Gasteiger partial charge in [-0.2, -0.15) is 18.4 Å². The monoisotopic (exact) mass is 305 g/mol. The number of rotatable bonds is 4. The summed E-state index contributed by atoms with van der Waals surface area (Å²) in [4.78, 5) is 11.4. The number of ether oxygens (including phenoxy) is 1. The van der Waals surface area contributed by atoms with Crippen LogP contribution in [0.4, 0.5) is 13.2 Å². The summed E-state index contributed by atoms with van der Waals surface area (Å²) in [6.07, 6.45) is -5.27. The van der Waals surface area contributed by atoms with Gasteiger partial charge in [0, 0.05) is 5.88 Å². The molecule has 0 amide bonds. The molecule has 0 atom stereocenters. The Balaban J connectivity index is 3.38. The minimum absolute atomic E-state index is 0.0574. The van der Waals surface area contributed by atoms with Crippen LogP contribution >= 0.6 is 11.6 Å². The molecule has 0 aliphatic heterocycles. The van der Waals surface area contributed by atoms with E-state index >= 15 is 0 Å². The standard InChI is InChI=1S/C13H11ClF3NO2/c1-2-20-12(19)5-10-9(7-18)3-8(6-14)4-11(10)13(15,16)17/h3-4H,2,5-6H2,1H3. The molecule has 0 fully saturated rings. The maximum absolute atomic E-state index is 13.0. The second kappa shape index (κ2) is 6.62. The summed E-state index contributed by atoms with van der Waals surface area (Å²) in [7, 11) is 0. The Kier molecular flexibility index (Phi) is 5.40. The van der Waals surface area contributed by atoms with Crippen LogP contribution in [0.1, 0.15) is 29.2 Å². The molecular weight excluding hydrogens is 295 g/mol. The van der Waals surface area contributed by atoms with E-state index in [1.54, 1.807) is 13.0 Å². The molecule has 0 unspecified atom stereocenters. The third kappa shape index (κ3) is 3.87. The van der Waals surface area contributed by atoms with Crippen LogP contribution in [0.3, 0.4) is 0 Å². The first-order chi connectivity index (χ1) is 9.33. The lowest BCUT2D eigenvalue weighted by molar-refractivity contribution is -0.143. The van der Waals surface area contributed by atoms with Crippen molar-refractivity contribution in [2.75, 3.05) is 6.61 Å². The molecule has 0 N–H and O–H groups in total. The Labute approximate surface area is 118 Å². The first kappa shape index (κ1) is 16.3. The van der Waals surface area contributed by atoms with Crippen molar-refractivity contribution in [2.24, 2.45) is 0 Å². The van der Waals surface area contributed by atoms with Crippen molar-refractivity contribution >= 4 is 17.6 Å². The highest BCUT2D eigenvalue weighted by Crippen LogP contribution is 2.35. The quantitative estimate of drug-likeness (QED) is 0.632. The minimum atomic E-state index is -4.67. The fraction of sp³-hybridized carbons (Fsp3) is 0.385. The van der Waals surface area contributed by atoms with Crippen LogP contribution in [-0.4, -0.2) is 12.6 Å². The zero-order valence-corrected chi connectivity index (χ0v) is 11.3. The van der Waals surface area contributed by atoms with E-state index in [4.69, 9.17) is 16.9 Å². The van der Waals surface area contributed by atoms with E-state index in [1.165, 1.54) is 6.07 Å². The van der Waals surface area contributed by atoms with Gasteiger partial charge in [-0.25, -0.2) is 0 Å². The molecule has 0 radical (unpaired) electrons. The van der Waals surface area contributed by atoms with Gasteiger partial charge < -0.3 is 4.74 Å². The molecule has 108 valence electrons. The summed E-state index contributed by atoms with van der Waals surface area (Å²) in [6.45, 7) is 1.60. The summed E-state index contributed by atoms with van der Waals surface area (Å²) in [5.74, 6) is -0.967. The third-order valence-electron chi connectivity index (χ3n) is 2.52. The zero-order chi connectivity index (χ0) is 15.3. The fourth-order valence-corrected chi connectivity index (χ4v) is 1.86. The highest BCUT2D eigenvalue weighted by molar-refractivity contribution is 6.17. The van der Waals surface area contributed by atoms with Crippen LogP contribution in [0, 0.1) is 11.3 Å². The van der Waals surface area contributed by atoms with Gasteiger partial charge >= 0.3 is 12.1 Å². The lowest BCUT2D eigenvalue weighted by atomic mass is 9.96. The normalized spacial score (nSPS) is 11.0.